The highest BCUT2D eigenvalue weighted by atomic mass is 16.5. The molecule has 0 radical (unpaired) electrons. The molecule has 7 heteroatoms. The van der Waals surface area contributed by atoms with Gasteiger partial charge in [0, 0.05) is 12.0 Å². The average molecular weight is 359 g/mol. The molecule has 26 heavy (non-hydrogen) atoms. The molecule has 0 aliphatic heterocycles. The van der Waals surface area contributed by atoms with E-state index >= 15 is 0 Å². The Hall–Kier alpha value is -3.06. The van der Waals surface area contributed by atoms with Crippen LogP contribution in [0.3, 0.4) is 0 Å². The average Bonchev–Trinajstić information content (AvgIpc) is 2.67. The summed E-state index contributed by atoms with van der Waals surface area (Å²) in [5, 5.41) is 21.2. The summed E-state index contributed by atoms with van der Waals surface area (Å²) in [5.41, 5.74) is 1.08. The summed E-state index contributed by atoms with van der Waals surface area (Å²) in [6.45, 7) is -0.465. The fourth-order valence-electron chi connectivity index (χ4n) is 2.36. The zero-order chi connectivity index (χ0) is 18.9. The number of benzene rings is 2. The van der Waals surface area contributed by atoms with Gasteiger partial charge in [0.15, 0.2) is 11.5 Å². The third-order valence-electron chi connectivity index (χ3n) is 3.65. The lowest BCUT2D eigenvalue weighted by molar-refractivity contribution is -0.146. The minimum Gasteiger partial charge on any atom is -0.504 e. The van der Waals surface area contributed by atoms with Crippen molar-refractivity contribution in [1.82, 2.24) is 5.32 Å². The molecule has 1 atom stereocenters. The van der Waals surface area contributed by atoms with E-state index < -0.39 is 17.9 Å². The van der Waals surface area contributed by atoms with Crippen LogP contribution in [-0.4, -0.2) is 48.5 Å². The minimum absolute atomic E-state index is 0.0241. The molecular weight excluding hydrogens is 338 g/mol. The van der Waals surface area contributed by atoms with Crippen LogP contribution < -0.4 is 10.1 Å². The van der Waals surface area contributed by atoms with Gasteiger partial charge in [-0.2, -0.15) is 0 Å². The van der Waals surface area contributed by atoms with E-state index in [1.165, 1.54) is 13.2 Å². The molecule has 2 aromatic carbocycles. The van der Waals surface area contributed by atoms with E-state index in [-0.39, 0.29) is 31.1 Å². The van der Waals surface area contributed by atoms with Crippen molar-refractivity contribution in [2.75, 3.05) is 20.3 Å². The van der Waals surface area contributed by atoms with Crippen LogP contribution in [0.4, 0.5) is 0 Å². The molecule has 0 heterocycles. The predicted octanol–water partition coefficient (Wildman–Crippen LogP) is 1.28. The summed E-state index contributed by atoms with van der Waals surface area (Å²) in [5.74, 6) is -0.832. The lowest BCUT2D eigenvalue weighted by atomic mass is 10.0. The topological polar surface area (TPSA) is 105 Å². The number of rotatable bonds is 8. The summed E-state index contributed by atoms with van der Waals surface area (Å²) in [4.78, 5) is 24.6. The van der Waals surface area contributed by atoms with Crippen molar-refractivity contribution in [3.05, 3.63) is 59.7 Å². The Morgan fingerprint density at radius 1 is 1.15 bits per heavy atom. The van der Waals surface area contributed by atoms with Gasteiger partial charge >= 0.3 is 5.97 Å². The number of hydrogen-bond acceptors (Lipinski definition) is 6. The van der Waals surface area contributed by atoms with Crippen molar-refractivity contribution < 1.29 is 29.3 Å². The van der Waals surface area contributed by atoms with Gasteiger partial charge in [-0.05, 0) is 29.8 Å². The smallest absolute Gasteiger partial charge is 0.329 e. The van der Waals surface area contributed by atoms with Crippen molar-refractivity contribution in [1.29, 1.82) is 0 Å². The highest BCUT2D eigenvalue weighted by Gasteiger charge is 2.24. The van der Waals surface area contributed by atoms with E-state index in [4.69, 9.17) is 14.6 Å². The van der Waals surface area contributed by atoms with Crippen LogP contribution in [0, 0.1) is 0 Å². The first kappa shape index (κ1) is 19.3. The zero-order valence-electron chi connectivity index (χ0n) is 14.3. The molecule has 1 amide bonds. The number of amides is 1. The van der Waals surface area contributed by atoms with Gasteiger partial charge in [-0.15, -0.1) is 0 Å². The second-order valence-corrected chi connectivity index (χ2v) is 5.49. The number of aliphatic hydroxyl groups excluding tert-OH is 1. The van der Waals surface area contributed by atoms with E-state index in [2.05, 4.69) is 5.32 Å². The molecule has 2 rings (SSSR count). The Morgan fingerprint density at radius 2 is 1.88 bits per heavy atom. The van der Waals surface area contributed by atoms with Crippen molar-refractivity contribution in [3.63, 3.8) is 0 Å². The number of nitrogens with one attached hydrogen (secondary N) is 1. The Morgan fingerprint density at radius 3 is 2.54 bits per heavy atom. The third-order valence-corrected chi connectivity index (χ3v) is 3.65. The summed E-state index contributed by atoms with van der Waals surface area (Å²) in [7, 11) is 1.42. The number of phenols is 1. The van der Waals surface area contributed by atoms with E-state index in [0.29, 0.717) is 11.1 Å². The van der Waals surface area contributed by atoms with E-state index in [9.17, 15) is 14.7 Å². The second kappa shape index (κ2) is 9.43. The Kier molecular flexibility index (Phi) is 6.99. The fraction of sp³-hybridized carbons (Fsp3) is 0.263. The predicted molar refractivity (Wildman–Crippen MR) is 94.1 cm³/mol. The van der Waals surface area contributed by atoms with Gasteiger partial charge in [0.05, 0.1) is 13.7 Å². The second-order valence-electron chi connectivity index (χ2n) is 5.49. The van der Waals surface area contributed by atoms with Gasteiger partial charge in [0.25, 0.3) is 5.91 Å². The van der Waals surface area contributed by atoms with Crippen LogP contribution in [-0.2, 0) is 16.0 Å². The number of carbonyl (C=O) groups excluding carboxylic acids is 2. The molecule has 2 aromatic rings. The Balaban J connectivity index is 2.18. The first-order chi connectivity index (χ1) is 12.5. The normalized spacial score (nSPS) is 11.5. The number of phenolic OH excluding ortho intramolecular Hbond substituents is 1. The zero-order valence-corrected chi connectivity index (χ0v) is 14.3. The van der Waals surface area contributed by atoms with E-state index in [1.807, 2.05) is 0 Å². The number of ether oxygens (including phenoxy) is 2. The van der Waals surface area contributed by atoms with Crippen LogP contribution in [0.5, 0.6) is 11.5 Å². The van der Waals surface area contributed by atoms with Gasteiger partial charge in [-0.1, -0.05) is 24.3 Å². The molecule has 7 nitrogen and oxygen atoms in total. The monoisotopic (exact) mass is 359 g/mol. The lowest BCUT2D eigenvalue weighted by Crippen LogP contribution is -2.43. The van der Waals surface area contributed by atoms with Crippen LogP contribution in [0.15, 0.2) is 48.5 Å². The third kappa shape index (κ3) is 5.22. The van der Waals surface area contributed by atoms with E-state index in [1.54, 1.807) is 42.5 Å². The number of esters is 1. The summed E-state index contributed by atoms with van der Waals surface area (Å²) in [6, 6.07) is 12.2. The fourth-order valence-corrected chi connectivity index (χ4v) is 2.36. The summed E-state index contributed by atoms with van der Waals surface area (Å²) >= 11 is 0. The SMILES string of the molecule is COc1cc(C[C@H](NC(=O)c2ccccc2)C(=O)OCCO)ccc1O. The molecule has 0 aromatic heterocycles. The Bertz CT molecular complexity index is 747. The quantitative estimate of drug-likeness (QED) is 0.613. The maximum atomic E-state index is 12.4. The summed E-state index contributed by atoms with van der Waals surface area (Å²) in [6.07, 6.45) is 0.138. The highest BCUT2D eigenvalue weighted by Crippen LogP contribution is 2.26. The van der Waals surface area contributed by atoms with Gasteiger partial charge in [0.2, 0.25) is 0 Å². The van der Waals surface area contributed by atoms with Gasteiger partial charge in [-0.25, -0.2) is 4.79 Å². The maximum absolute atomic E-state index is 12.4. The molecule has 0 saturated carbocycles. The van der Waals surface area contributed by atoms with Gasteiger partial charge in [0.1, 0.15) is 12.6 Å². The number of carbonyl (C=O) groups is 2. The number of hydrogen-bond donors (Lipinski definition) is 3. The Labute approximate surface area is 151 Å². The first-order valence-electron chi connectivity index (χ1n) is 8.04. The lowest BCUT2D eigenvalue weighted by Gasteiger charge is -2.18. The van der Waals surface area contributed by atoms with Crippen molar-refractivity contribution in [3.8, 4) is 11.5 Å². The highest BCUT2D eigenvalue weighted by molar-refractivity contribution is 5.96. The summed E-state index contributed by atoms with van der Waals surface area (Å²) < 4.78 is 10.0. The molecule has 0 bridgehead atoms. The molecule has 0 saturated heterocycles. The number of aromatic hydroxyl groups is 1. The van der Waals surface area contributed by atoms with Crippen LogP contribution in [0.25, 0.3) is 0 Å². The molecule has 0 unspecified atom stereocenters. The number of aliphatic hydroxyl groups is 1. The molecular formula is C19H21NO6. The van der Waals surface area contributed by atoms with E-state index in [0.717, 1.165) is 0 Å². The van der Waals surface area contributed by atoms with Crippen LogP contribution in [0.1, 0.15) is 15.9 Å². The van der Waals surface area contributed by atoms with Crippen LogP contribution >= 0.6 is 0 Å². The van der Waals surface area contributed by atoms with Crippen molar-refractivity contribution >= 4 is 11.9 Å². The maximum Gasteiger partial charge on any atom is 0.329 e. The first-order valence-corrected chi connectivity index (χ1v) is 8.04. The largest absolute Gasteiger partial charge is 0.504 e. The standard InChI is InChI=1S/C19H21NO6/c1-25-17-12-13(7-8-16(17)22)11-15(19(24)26-10-9-21)20-18(23)14-5-3-2-4-6-14/h2-8,12,15,21-22H,9-11H2,1H3,(H,20,23)/t15-/m0/s1. The van der Waals surface area contributed by atoms with Crippen molar-refractivity contribution in [2.45, 2.75) is 12.5 Å². The molecule has 138 valence electrons. The molecule has 0 aliphatic rings. The van der Waals surface area contributed by atoms with Gasteiger partial charge in [-0.3, -0.25) is 4.79 Å². The minimum atomic E-state index is -0.955. The van der Waals surface area contributed by atoms with Gasteiger partial charge < -0.3 is 25.0 Å². The molecule has 0 spiro atoms. The molecule has 3 N–H and O–H groups in total. The molecule has 0 fully saturated rings. The van der Waals surface area contributed by atoms with Crippen molar-refractivity contribution in [2.24, 2.45) is 0 Å². The number of methoxy groups -OCH3 is 1. The molecule has 0 aliphatic carbocycles. The van der Waals surface area contributed by atoms with Crippen LogP contribution in [0.2, 0.25) is 0 Å².